The first kappa shape index (κ1) is 23.7. The van der Waals surface area contributed by atoms with Gasteiger partial charge in [-0.1, -0.05) is 90.9 Å². The molecule has 1 unspecified atom stereocenters. The van der Waals surface area contributed by atoms with Crippen molar-refractivity contribution in [3.05, 3.63) is 95.6 Å². The van der Waals surface area contributed by atoms with Crippen LogP contribution in [0.5, 0.6) is 0 Å². The van der Waals surface area contributed by atoms with Crippen molar-refractivity contribution in [2.24, 2.45) is 10.9 Å². The van der Waals surface area contributed by atoms with Gasteiger partial charge in [-0.3, -0.25) is 0 Å². The summed E-state index contributed by atoms with van der Waals surface area (Å²) in [5, 5.41) is 22.7. The van der Waals surface area contributed by atoms with Crippen LogP contribution in [0.25, 0.3) is 11.1 Å². The first-order chi connectivity index (χ1) is 15.5. The van der Waals surface area contributed by atoms with E-state index in [1.165, 1.54) is 11.1 Å². The molecule has 5 nitrogen and oxygen atoms in total. The Morgan fingerprint density at radius 2 is 1.47 bits per heavy atom. The Morgan fingerprint density at radius 1 is 0.875 bits per heavy atom. The molecule has 1 atom stereocenters. The third kappa shape index (κ3) is 6.76. The summed E-state index contributed by atoms with van der Waals surface area (Å²) in [4.78, 5) is 5.49. The van der Waals surface area contributed by atoms with Crippen molar-refractivity contribution >= 4 is 6.21 Å². The molecule has 0 saturated heterocycles. The summed E-state index contributed by atoms with van der Waals surface area (Å²) in [5.41, 5.74) is 10.7. The van der Waals surface area contributed by atoms with E-state index in [1.54, 1.807) is 6.21 Å². The normalized spacial score (nSPS) is 12.8. The van der Waals surface area contributed by atoms with Crippen molar-refractivity contribution in [2.45, 2.75) is 37.8 Å². The second kappa shape index (κ2) is 11.6. The van der Waals surface area contributed by atoms with E-state index < -0.39 is 5.54 Å². The summed E-state index contributed by atoms with van der Waals surface area (Å²) in [6, 6.07) is 26.8. The van der Waals surface area contributed by atoms with Crippen LogP contribution in [0.4, 0.5) is 0 Å². The van der Waals surface area contributed by atoms with Crippen LogP contribution in [0.15, 0.2) is 84.0 Å². The van der Waals surface area contributed by atoms with E-state index >= 15 is 0 Å². The second-order valence-corrected chi connectivity index (χ2v) is 8.30. The SMILES string of the molecule is CC(C=NOCc1ccc(-c2ccccc2)cc1)c1ccc(CCC(N)(CO)CO)cc1. The van der Waals surface area contributed by atoms with E-state index in [0.717, 1.165) is 16.7 Å². The molecule has 168 valence electrons. The Labute approximate surface area is 190 Å². The average Bonchev–Trinajstić information content (AvgIpc) is 2.86. The highest BCUT2D eigenvalue weighted by Gasteiger charge is 2.22. The van der Waals surface area contributed by atoms with E-state index in [1.807, 2.05) is 30.3 Å². The zero-order chi connectivity index (χ0) is 22.8. The Balaban J connectivity index is 1.46. The smallest absolute Gasteiger partial charge is 0.142 e. The highest BCUT2D eigenvalue weighted by Crippen LogP contribution is 2.20. The van der Waals surface area contributed by atoms with Crippen LogP contribution in [0, 0.1) is 0 Å². The summed E-state index contributed by atoms with van der Waals surface area (Å²) in [6.45, 7) is 2.03. The quantitative estimate of drug-likeness (QED) is 0.312. The molecule has 0 saturated carbocycles. The van der Waals surface area contributed by atoms with E-state index in [2.05, 4.69) is 60.6 Å². The molecule has 0 heterocycles. The lowest BCUT2D eigenvalue weighted by Gasteiger charge is -2.24. The van der Waals surface area contributed by atoms with Crippen molar-refractivity contribution in [1.29, 1.82) is 0 Å². The fourth-order valence-electron chi connectivity index (χ4n) is 3.35. The maximum Gasteiger partial charge on any atom is 0.142 e. The average molecular weight is 433 g/mol. The zero-order valence-electron chi connectivity index (χ0n) is 18.5. The molecule has 0 amide bonds. The first-order valence-corrected chi connectivity index (χ1v) is 10.9. The Morgan fingerprint density at radius 3 is 2.09 bits per heavy atom. The van der Waals surface area contributed by atoms with Crippen molar-refractivity contribution in [3.8, 4) is 11.1 Å². The number of benzene rings is 3. The molecule has 0 aliphatic carbocycles. The molecular formula is C27H32N2O3. The van der Waals surface area contributed by atoms with Gasteiger partial charge in [-0.15, -0.1) is 0 Å². The molecule has 0 aromatic heterocycles. The minimum Gasteiger partial charge on any atom is -0.394 e. The summed E-state index contributed by atoms with van der Waals surface area (Å²) >= 11 is 0. The Bertz CT molecular complexity index is 966. The largest absolute Gasteiger partial charge is 0.394 e. The molecule has 4 N–H and O–H groups in total. The summed E-state index contributed by atoms with van der Waals surface area (Å²) in [6.07, 6.45) is 3.03. The predicted octanol–water partition coefficient (Wildman–Crippen LogP) is 4.27. The first-order valence-electron chi connectivity index (χ1n) is 10.9. The van der Waals surface area contributed by atoms with Gasteiger partial charge < -0.3 is 20.8 Å². The van der Waals surface area contributed by atoms with Crippen LogP contribution in [0.2, 0.25) is 0 Å². The maximum atomic E-state index is 9.30. The topological polar surface area (TPSA) is 88.1 Å². The molecule has 0 radical (unpaired) electrons. The highest BCUT2D eigenvalue weighted by molar-refractivity contribution is 5.66. The van der Waals surface area contributed by atoms with Crippen LogP contribution in [0.3, 0.4) is 0 Å². The van der Waals surface area contributed by atoms with Gasteiger partial charge in [0.25, 0.3) is 0 Å². The second-order valence-electron chi connectivity index (χ2n) is 8.30. The number of oxime groups is 1. The van der Waals surface area contributed by atoms with Crippen molar-refractivity contribution in [3.63, 3.8) is 0 Å². The fourth-order valence-corrected chi connectivity index (χ4v) is 3.35. The van der Waals surface area contributed by atoms with Gasteiger partial charge in [-0.05, 0) is 40.7 Å². The van der Waals surface area contributed by atoms with Gasteiger partial charge in [0.05, 0.1) is 25.0 Å². The Kier molecular flexibility index (Phi) is 8.56. The van der Waals surface area contributed by atoms with E-state index in [9.17, 15) is 10.2 Å². The maximum absolute atomic E-state index is 9.30. The van der Waals surface area contributed by atoms with Crippen LogP contribution >= 0.6 is 0 Å². The number of aliphatic hydroxyl groups excluding tert-OH is 2. The summed E-state index contributed by atoms with van der Waals surface area (Å²) < 4.78 is 0. The molecule has 0 fully saturated rings. The molecule has 3 rings (SSSR count). The van der Waals surface area contributed by atoms with Crippen molar-refractivity contribution < 1.29 is 15.1 Å². The van der Waals surface area contributed by atoms with Gasteiger partial charge in [-0.25, -0.2) is 0 Å². The number of nitrogens with zero attached hydrogens (tertiary/aromatic N) is 1. The minimum atomic E-state index is -0.933. The summed E-state index contributed by atoms with van der Waals surface area (Å²) in [7, 11) is 0. The van der Waals surface area contributed by atoms with Crippen molar-refractivity contribution in [1.82, 2.24) is 0 Å². The fraction of sp³-hybridized carbons (Fsp3) is 0.296. The molecule has 0 aliphatic heterocycles. The lowest BCUT2D eigenvalue weighted by molar-refractivity contribution is 0.115. The van der Waals surface area contributed by atoms with Gasteiger partial charge in [0.2, 0.25) is 0 Å². The molecule has 5 heteroatoms. The van der Waals surface area contributed by atoms with Gasteiger partial charge in [0.1, 0.15) is 6.61 Å². The third-order valence-electron chi connectivity index (χ3n) is 5.70. The van der Waals surface area contributed by atoms with Crippen molar-refractivity contribution in [2.75, 3.05) is 13.2 Å². The number of aryl methyl sites for hydroxylation is 1. The number of hydrogen-bond donors (Lipinski definition) is 3. The molecule has 0 aliphatic rings. The van der Waals surface area contributed by atoms with E-state index in [0.29, 0.717) is 19.4 Å². The van der Waals surface area contributed by atoms with E-state index in [4.69, 9.17) is 10.6 Å². The van der Waals surface area contributed by atoms with Gasteiger partial charge in [-0.2, -0.15) is 0 Å². The van der Waals surface area contributed by atoms with Crippen LogP contribution in [-0.2, 0) is 17.9 Å². The summed E-state index contributed by atoms with van der Waals surface area (Å²) in [5.74, 6) is 0.119. The van der Waals surface area contributed by atoms with Crippen LogP contribution in [-0.4, -0.2) is 35.2 Å². The minimum absolute atomic E-state index is 0.119. The molecule has 0 spiro atoms. The van der Waals surface area contributed by atoms with Gasteiger partial charge in [0, 0.05) is 5.92 Å². The van der Waals surface area contributed by atoms with Gasteiger partial charge >= 0.3 is 0 Å². The highest BCUT2D eigenvalue weighted by atomic mass is 16.6. The molecule has 32 heavy (non-hydrogen) atoms. The lowest BCUT2D eigenvalue weighted by Crippen LogP contribution is -2.47. The van der Waals surface area contributed by atoms with E-state index in [-0.39, 0.29) is 19.1 Å². The Hall–Kier alpha value is -2.99. The molecular weight excluding hydrogens is 400 g/mol. The standard InChI is InChI=1S/C27H32N2O3/c1-21(24-11-7-22(8-12-24)15-16-27(28,19-30)20-31)17-29-32-18-23-9-13-26(14-10-23)25-5-3-2-4-6-25/h2-14,17,21,30-31H,15-16,18-20,28H2,1H3. The lowest BCUT2D eigenvalue weighted by atomic mass is 9.93. The number of hydrogen-bond acceptors (Lipinski definition) is 5. The monoisotopic (exact) mass is 432 g/mol. The zero-order valence-corrected chi connectivity index (χ0v) is 18.5. The molecule has 0 bridgehead atoms. The predicted molar refractivity (Wildman–Crippen MR) is 129 cm³/mol. The van der Waals surface area contributed by atoms with Gasteiger partial charge in [0.15, 0.2) is 0 Å². The third-order valence-corrected chi connectivity index (χ3v) is 5.70. The number of aliphatic hydroxyl groups is 2. The number of rotatable bonds is 11. The molecule has 3 aromatic carbocycles. The number of nitrogens with two attached hydrogens (primary N) is 1. The van der Waals surface area contributed by atoms with Crippen LogP contribution in [0.1, 0.15) is 36.0 Å². The molecule has 3 aromatic rings. The van der Waals surface area contributed by atoms with Crippen LogP contribution < -0.4 is 5.73 Å².